The normalized spacial score (nSPS) is 10.4. The molecule has 15 heteroatoms. The molecule has 0 heterocycles. The van der Waals surface area contributed by atoms with Crippen molar-refractivity contribution >= 4 is 57.8 Å². The van der Waals surface area contributed by atoms with Crippen LogP contribution in [0.3, 0.4) is 0 Å². The van der Waals surface area contributed by atoms with E-state index in [4.69, 9.17) is 0 Å². The zero-order valence-corrected chi connectivity index (χ0v) is 25.1. The van der Waals surface area contributed by atoms with Crippen LogP contribution in [-0.2, 0) is 0 Å². The van der Waals surface area contributed by atoms with Gasteiger partial charge in [-0.25, -0.2) is 0 Å². The van der Waals surface area contributed by atoms with Gasteiger partial charge < -0.3 is 26.4 Å². The zero-order chi connectivity index (χ0) is 35.1. The molecule has 5 rings (SSSR count). The first-order valence-corrected chi connectivity index (χ1v) is 14.2. The Kier molecular flexibility index (Phi) is 9.65. The van der Waals surface area contributed by atoms with Gasteiger partial charge in [0.05, 0.1) is 9.85 Å². The molecule has 0 spiro atoms. The lowest BCUT2D eigenvalue weighted by molar-refractivity contribution is -0.385. The van der Waals surface area contributed by atoms with Crippen LogP contribution in [0.1, 0.15) is 41.4 Å². The summed E-state index contributed by atoms with van der Waals surface area (Å²) < 4.78 is 0. The first-order chi connectivity index (χ1) is 23.4. The summed E-state index contributed by atoms with van der Waals surface area (Å²) in [6.07, 6.45) is 0. The third-order valence-corrected chi connectivity index (χ3v) is 6.92. The highest BCUT2D eigenvalue weighted by Crippen LogP contribution is 2.22. The Morgan fingerprint density at radius 1 is 0.429 bits per heavy atom. The van der Waals surface area contributed by atoms with Gasteiger partial charge in [0.15, 0.2) is 0 Å². The quantitative estimate of drug-likeness (QED) is 0.0846. The molecule has 0 fully saturated rings. The number of phenols is 1. The van der Waals surface area contributed by atoms with Crippen molar-refractivity contribution < 1.29 is 34.1 Å². The maximum Gasteiger partial charge on any atom is 0.269 e. The average Bonchev–Trinajstić information content (AvgIpc) is 3.09. The number of anilines is 4. The second-order valence-corrected chi connectivity index (χ2v) is 10.3. The van der Waals surface area contributed by atoms with Crippen LogP contribution in [0.25, 0.3) is 0 Å². The highest BCUT2D eigenvalue weighted by molar-refractivity contribution is 6.10. The van der Waals surface area contributed by atoms with Crippen molar-refractivity contribution in [2.75, 3.05) is 21.3 Å². The Hall–Kier alpha value is -7.42. The molecule has 5 aromatic carbocycles. The van der Waals surface area contributed by atoms with Crippen molar-refractivity contribution in [3.63, 3.8) is 0 Å². The van der Waals surface area contributed by atoms with E-state index in [1.807, 2.05) is 0 Å². The molecule has 0 aliphatic carbocycles. The van der Waals surface area contributed by atoms with Gasteiger partial charge in [0, 0.05) is 69.3 Å². The summed E-state index contributed by atoms with van der Waals surface area (Å²) in [6.45, 7) is 0. The molecule has 0 bridgehead atoms. The van der Waals surface area contributed by atoms with Crippen molar-refractivity contribution in [3.8, 4) is 5.75 Å². The first kappa shape index (κ1) is 33.0. The van der Waals surface area contributed by atoms with Crippen molar-refractivity contribution in [2.24, 2.45) is 0 Å². The molecule has 49 heavy (non-hydrogen) atoms. The van der Waals surface area contributed by atoms with E-state index in [-0.39, 0.29) is 39.4 Å². The number of non-ortho nitro benzene ring substituents is 2. The number of amides is 4. The van der Waals surface area contributed by atoms with Crippen molar-refractivity contribution in [1.82, 2.24) is 0 Å². The largest absolute Gasteiger partial charge is 0.508 e. The van der Waals surface area contributed by atoms with E-state index < -0.39 is 33.5 Å². The Labute approximate surface area is 276 Å². The van der Waals surface area contributed by atoms with Crippen LogP contribution in [-0.4, -0.2) is 38.6 Å². The van der Waals surface area contributed by atoms with Crippen LogP contribution in [0.15, 0.2) is 115 Å². The fourth-order valence-corrected chi connectivity index (χ4v) is 4.43. The number of aromatic hydroxyl groups is 1. The number of nitrogens with one attached hydrogen (secondary N) is 4. The number of rotatable bonds is 10. The third kappa shape index (κ3) is 8.44. The van der Waals surface area contributed by atoms with Gasteiger partial charge in [-0.1, -0.05) is 0 Å². The lowest BCUT2D eigenvalue weighted by atomic mass is 10.1. The molecule has 0 saturated heterocycles. The van der Waals surface area contributed by atoms with Crippen molar-refractivity contribution in [1.29, 1.82) is 0 Å². The van der Waals surface area contributed by atoms with Crippen LogP contribution < -0.4 is 21.3 Å². The van der Waals surface area contributed by atoms with Gasteiger partial charge in [-0.2, -0.15) is 0 Å². The van der Waals surface area contributed by atoms with Crippen molar-refractivity contribution in [2.45, 2.75) is 0 Å². The molecule has 0 unspecified atom stereocenters. The fraction of sp³-hybridized carbons (Fsp3) is 0. The molecule has 0 atom stereocenters. The molecule has 244 valence electrons. The second kappa shape index (κ2) is 14.3. The zero-order valence-electron chi connectivity index (χ0n) is 25.1. The molecular formula is C34H24N6O9. The van der Waals surface area contributed by atoms with Crippen LogP contribution in [0.2, 0.25) is 0 Å². The third-order valence-electron chi connectivity index (χ3n) is 6.92. The lowest BCUT2D eigenvalue weighted by Crippen LogP contribution is -2.16. The van der Waals surface area contributed by atoms with Gasteiger partial charge in [0.25, 0.3) is 35.0 Å². The molecule has 0 aliphatic heterocycles. The van der Waals surface area contributed by atoms with Crippen LogP contribution in [0.4, 0.5) is 34.1 Å². The van der Waals surface area contributed by atoms with E-state index in [1.54, 1.807) is 0 Å². The summed E-state index contributed by atoms with van der Waals surface area (Å²) in [5.74, 6) is -2.55. The lowest BCUT2D eigenvalue weighted by Gasteiger charge is -2.11. The predicted molar refractivity (Wildman–Crippen MR) is 179 cm³/mol. The molecule has 0 saturated carbocycles. The maximum atomic E-state index is 13.0. The summed E-state index contributed by atoms with van der Waals surface area (Å²) in [4.78, 5) is 71.3. The van der Waals surface area contributed by atoms with Crippen molar-refractivity contribution in [3.05, 3.63) is 158 Å². The number of benzene rings is 5. The van der Waals surface area contributed by atoms with E-state index in [0.717, 1.165) is 0 Å². The van der Waals surface area contributed by atoms with Crippen LogP contribution >= 0.6 is 0 Å². The van der Waals surface area contributed by atoms with Gasteiger partial charge in [-0.3, -0.25) is 39.4 Å². The molecular weight excluding hydrogens is 636 g/mol. The number of hydrogen-bond donors (Lipinski definition) is 5. The van der Waals surface area contributed by atoms with E-state index in [2.05, 4.69) is 21.3 Å². The number of carbonyl (C=O) groups is 4. The molecule has 15 nitrogen and oxygen atoms in total. The first-order valence-electron chi connectivity index (χ1n) is 14.2. The average molecular weight is 661 g/mol. The van der Waals surface area contributed by atoms with E-state index in [9.17, 15) is 44.5 Å². The number of hydrogen-bond acceptors (Lipinski definition) is 9. The topological polar surface area (TPSA) is 223 Å². The Morgan fingerprint density at radius 3 is 0.959 bits per heavy atom. The van der Waals surface area contributed by atoms with Gasteiger partial charge in [0.1, 0.15) is 5.75 Å². The van der Waals surface area contributed by atoms with Crippen LogP contribution in [0.5, 0.6) is 5.75 Å². The minimum absolute atomic E-state index is 0.00925. The van der Waals surface area contributed by atoms with Gasteiger partial charge in [-0.15, -0.1) is 0 Å². The minimum atomic E-state index is -0.624. The van der Waals surface area contributed by atoms with Gasteiger partial charge >= 0.3 is 0 Å². The molecule has 5 N–H and O–H groups in total. The molecule has 0 aromatic heterocycles. The second-order valence-electron chi connectivity index (χ2n) is 10.3. The number of carbonyl (C=O) groups excluding carboxylic acids is 4. The monoisotopic (exact) mass is 660 g/mol. The number of nitro benzene ring substituents is 2. The van der Waals surface area contributed by atoms with Gasteiger partial charge in [0.2, 0.25) is 0 Å². The summed E-state index contributed by atoms with van der Waals surface area (Å²) in [7, 11) is 0. The SMILES string of the molecule is O=C(Nc1ccc(NC(=O)c2cc(O)cc(C(=O)Nc3ccc(NC(=O)c4ccc([N+](=O)[O-])cc4)cc3)c2)cc1)c1ccc([N+](=O)[O-])cc1. The Bertz CT molecular complexity index is 1930. The molecule has 0 radical (unpaired) electrons. The molecule has 0 aliphatic rings. The van der Waals surface area contributed by atoms with E-state index in [0.29, 0.717) is 22.7 Å². The summed E-state index contributed by atoms with van der Waals surface area (Å²) in [5, 5.41) is 42.5. The molecule has 5 aromatic rings. The highest BCUT2D eigenvalue weighted by Gasteiger charge is 2.15. The minimum Gasteiger partial charge on any atom is -0.508 e. The van der Waals surface area contributed by atoms with Gasteiger partial charge in [-0.05, 0) is 91.0 Å². The number of nitrogens with zero attached hydrogens (tertiary/aromatic N) is 2. The smallest absolute Gasteiger partial charge is 0.269 e. The predicted octanol–water partition coefficient (Wildman–Crippen LogP) is 6.22. The molecule has 4 amide bonds. The maximum absolute atomic E-state index is 13.0. The highest BCUT2D eigenvalue weighted by atomic mass is 16.6. The van der Waals surface area contributed by atoms with Crippen LogP contribution in [0, 0.1) is 20.2 Å². The number of phenolic OH excluding ortho intramolecular Hbond substituents is 1. The standard InChI is InChI=1S/C34H24N6O9/c41-30-18-22(33(44)37-26-9-5-24(6-10-26)35-31(42)20-1-13-28(14-2-20)39(46)47)17-23(19-30)34(45)38-27-11-7-25(8-12-27)36-32(43)21-3-15-29(16-4-21)40(48)49/h1-19,41H,(H,35,42)(H,36,43)(H,37,44)(H,38,45). The van der Waals surface area contributed by atoms with E-state index in [1.165, 1.54) is 115 Å². The number of nitro groups is 2. The van der Waals surface area contributed by atoms with E-state index >= 15 is 0 Å². The summed E-state index contributed by atoms with van der Waals surface area (Å²) in [5.41, 5.74) is 1.64. The Balaban J connectivity index is 1.17. The Morgan fingerprint density at radius 2 is 0.694 bits per heavy atom. The summed E-state index contributed by atoms with van der Waals surface area (Å²) >= 11 is 0. The fourth-order valence-electron chi connectivity index (χ4n) is 4.43. The summed E-state index contributed by atoms with van der Waals surface area (Å²) in [6, 6.07) is 26.1.